The molecule has 6 nitrogen and oxygen atoms in total. The predicted octanol–water partition coefficient (Wildman–Crippen LogP) is 0.180. The summed E-state index contributed by atoms with van der Waals surface area (Å²) in [5.74, 6) is 0.111. The number of nitrogens with one attached hydrogen (secondary N) is 1. The molecule has 7 heteroatoms. The smallest absolute Gasteiger partial charge is 0.279 e. The highest BCUT2D eigenvalue weighted by molar-refractivity contribution is 7.89. The van der Waals surface area contributed by atoms with E-state index < -0.39 is 16.2 Å². The van der Waals surface area contributed by atoms with Crippen molar-refractivity contribution >= 4 is 15.9 Å². The Kier molecular flexibility index (Phi) is 5.46. The summed E-state index contributed by atoms with van der Waals surface area (Å²) in [7, 11) is -3.59. The van der Waals surface area contributed by atoms with Crippen LogP contribution in [0, 0.1) is 5.92 Å². The molecule has 3 rings (SSSR count). The first-order valence-corrected chi connectivity index (χ1v) is 10.5. The van der Waals surface area contributed by atoms with Crippen LogP contribution in [0.25, 0.3) is 0 Å². The van der Waals surface area contributed by atoms with E-state index in [4.69, 9.17) is 0 Å². The lowest BCUT2D eigenvalue weighted by Crippen LogP contribution is -3.11. The molecule has 1 amide bonds. The molecule has 1 unspecified atom stereocenters. The van der Waals surface area contributed by atoms with Gasteiger partial charge >= 0.3 is 0 Å². The van der Waals surface area contributed by atoms with Gasteiger partial charge in [0.2, 0.25) is 10.0 Å². The number of hydrogen-bond donors (Lipinski definition) is 1. The summed E-state index contributed by atoms with van der Waals surface area (Å²) in [6, 6.07) is 8.49. The Morgan fingerprint density at radius 1 is 1.16 bits per heavy atom. The van der Waals surface area contributed by atoms with Crippen molar-refractivity contribution in [2.45, 2.75) is 37.8 Å². The number of likely N-dealkylation sites (tertiary alicyclic amines) is 1. The normalized spacial score (nSPS) is 22.8. The van der Waals surface area contributed by atoms with Crippen LogP contribution >= 0.6 is 0 Å². The molecule has 2 aliphatic rings. The van der Waals surface area contributed by atoms with Gasteiger partial charge in [0.25, 0.3) is 5.91 Å². The second kappa shape index (κ2) is 7.43. The summed E-state index contributed by atoms with van der Waals surface area (Å²) in [5.41, 5.74) is 0. The largest absolute Gasteiger partial charge is 0.327 e. The van der Waals surface area contributed by atoms with Crippen LogP contribution in [-0.4, -0.2) is 62.4 Å². The molecule has 2 heterocycles. The van der Waals surface area contributed by atoms with Crippen molar-refractivity contribution in [2.75, 3.05) is 32.7 Å². The van der Waals surface area contributed by atoms with Gasteiger partial charge in [0.1, 0.15) is 6.17 Å². The Morgan fingerprint density at radius 2 is 1.80 bits per heavy atom. The molecule has 0 saturated carbocycles. The van der Waals surface area contributed by atoms with Crippen molar-refractivity contribution in [1.29, 1.82) is 0 Å². The molecule has 0 bridgehead atoms. The van der Waals surface area contributed by atoms with Crippen LogP contribution in [0.3, 0.4) is 0 Å². The predicted molar refractivity (Wildman–Crippen MR) is 95.5 cm³/mol. The van der Waals surface area contributed by atoms with E-state index in [1.54, 1.807) is 35.2 Å². The van der Waals surface area contributed by atoms with Crippen LogP contribution in [0.5, 0.6) is 0 Å². The fourth-order valence-corrected chi connectivity index (χ4v) is 5.68. The number of hydrogen-bond acceptors (Lipinski definition) is 3. The van der Waals surface area contributed by atoms with Gasteiger partial charge in [0.05, 0.1) is 18.0 Å². The molecule has 0 aliphatic carbocycles. The van der Waals surface area contributed by atoms with E-state index in [1.807, 2.05) is 13.8 Å². The van der Waals surface area contributed by atoms with Crippen LogP contribution in [0.1, 0.15) is 26.7 Å². The SMILES string of the molecule is CC(C)C1N(C(=O)C[NH+]2CCCC2)CCN1S(=O)(=O)c1ccccc1. The third-order valence-corrected chi connectivity index (χ3v) is 7.04. The lowest BCUT2D eigenvalue weighted by Gasteiger charge is -2.32. The van der Waals surface area contributed by atoms with Crippen molar-refractivity contribution < 1.29 is 18.1 Å². The summed E-state index contributed by atoms with van der Waals surface area (Å²) in [6.07, 6.45) is 1.94. The molecule has 2 saturated heterocycles. The lowest BCUT2D eigenvalue weighted by atomic mass is 10.1. The molecule has 0 radical (unpaired) electrons. The maximum Gasteiger partial charge on any atom is 0.279 e. The topological polar surface area (TPSA) is 62.1 Å². The highest BCUT2D eigenvalue weighted by atomic mass is 32.2. The molecule has 0 aromatic heterocycles. The number of nitrogens with zero attached hydrogens (tertiary/aromatic N) is 2. The standard InChI is InChI=1S/C18H27N3O3S/c1-15(2)18-20(17(22)14-19-10-6-7-11-19)12-13-21(18)25(23,24)16-8-4-3-5-9-16/h3-5,8-9,15,18H,6-7,10-14H2,1-2H3/p+1. The quantitative estimate of drug-likeness (QED) is 0.809. The van der Waals surface area contributed by atoms with Gasteiger partial charge in [-0.3, -0.25) is 4.79 Å². The Bertz CT molecular complexity index is 700. The van der Waals surface area contributed by atoms with Crippen molar-refractivity contribution in [2.24, 2.45) is 5.92 Å². The zero-order valence-electron chi connectivity index (χ0n) is 15.0. The molecule has 0 spiro atoms. The summed E-state index contributed by atoms with van der Waals surface area (Å²) < 4.78 is 27.6. The van der Waals surface area contributed by atoms with E-state index in [9.17, 15) is 13.2 Å². The zero-order chi connectivity index (χ0) is 18.0. The summed E-state index contributed by atoms with van der Waals surface area (Å²) >= 11 is 0. The Hall–Kier alpha value is -1.44. The van der Waals surface area contributed by atoms with Gasteiger partial charge in [0.15, 0.2) is 6.54 Å². The molecule has 1 aromatic rings. The Morgan fingerprint density at radius 3 is 2.40 bits per heavy atom. The number of amides is 1. The molecular weight excluding hydrogens is 338 g/mol. The summed E-state index contributed by atoms with van der Waals surface area (Å²) in [4.78, 5) is 16.2. The first kappa shape index (κ1) is 18.4. The van der Waals surface area contributed by atoms with Crippen molar-refractivity contribution in [1.82, 2.24) is 9.21 Å². The third-order valence-electron chi connectivity index (χ3n) is 5.15. The monoisotopic (exact) mass is 366 g/mol. The number of quaternary nitrogens is 1. The first-order valence-electron chi connectivity index (χ1n) is 9.11. The minimum atomic E-state index is -3.59. The molecule has 2 aliphatic heterocycles. The minimum Gasteiger partial charge on any atom is -0.327 e. The average molecular weight is 367 g/mol. The van der Waals surface area contributed by atoms with Crippen LogP contribution in [-0.2, 0) is 14.8 Å². The van der Waals surface area contributed by atoms with E-state index in [1.165, 1.54) is 22.0 Å². The van der Waals surface area contributed by atoms with E-state index in [0.717, 1.165) is 13.1 Å². The van der Waals surface area contributed by atoms with Gasteiger partial charge in [-0.1, -0.05) is 32.0 Å². The zero-order valence-corrected chi connectivity index (χ0v) is 15.8. The van der Waals surface area contributed by atoms with Gasteiger partial charge < -0.3 is 9.80 Å². The average Bonchev–Trinajstić information content (AvgIpc) is 3.25. The second-order valence-electron chi connectivity index (χ2n) is 7.31. The highest BCUT2D eigenvalue weighted by Crippen LogP contribution is 2.28. The number of carbonyl (C=O) groups is 1. The second-order valence-corrected chi connectivity index (χ2v) is 9.20. The van der Waals surface area contributed by atoms with Crippen molar-refractivity contribution in [3.8, 4) is 0 Å². The van der Waals surface area contributed by atoms with Gasteiger partial charge in [0, 0.05) is 25.9 Å². The molecule has 138 valence electrons. The summed E-state index contributed by atoms with van der Waals surface area (Å²) in [6.45, 7) is 7.35. The Balaban J connectivity index is 1.81. The van der Waals surface area contributed by atoms with Crippen LogP contribution in [0.15, 0.2) is 35.2 Å². The van der Waals surface area contributed by atoms with E-state index in [-0.39, 0.29) is 11.8 Å². The van der Waals surface area contributed by atoms with E-state index in [0.29, 0.717) is 24.5 Å². The number of benzene rings is 1. The van der Waals surface area contributed by atoms with Crippen LogP contribution < -0.4 is 4.90 Å². The van der Waals surface area contributed by atoms with Crippen LogP contribution in [0.4, 0.5) is 0 Å². The maximum atomic E-state index is 13.0. The van der Waals surface area contributed by atoms with E-state index >= 15 is 0 Å². The summed E-state index contributed by atoms with van der Waals surface area (Å²) in [5, 5.41) is 0. The number of sulfonamides is 1. The number of carbonyl (C=O) groups excluding carboxylic acids is 1. The molecule has 25 heavy (non-hydrogen) atoms. The fraction of sp³-hybridized carbons (Fsp3) is 0.611. The van der Waals surface area contributed by atoms with Crippen molar-refractivity contribution in [3.63, 3.8) is 0 Å². The third kappa shape index (κ3) is 3.73. The number of rotatable bonds is 5. The molecule has 1 aromatic carbocycles. The highest BCUT2D eigenvalue weighted by Gasteiger charge is 2.44. The molecule has 1 atom stereocenters. The van der Waals surface area contributed by atoms with Crippen LogP contribution in [0.2, 0.25) is 0 Å². The molecule has 1 N–H and O–H groups in total. The van der Waals surface area contributed by atoms with Gasteiger partial charge in [-0.25, -0.2) is 8.42 Å². The van der Waals surface area contributed by atoms with Gasteiger partial charge in [-0.15, -0.1) is 0 Å². The van der Waals surface area contributed by atoms with E-state index in [2.05, 4.69) is 0 Å². The Labute approximate surface area is 150 Å². The molecule has 2 fully saturated rings. The maximum absolute atomic E-state index is 13.0. The van der Waals surface area contributed by atoms with Gasteiger partial charge in [-0.05, 0) is 18.1 Å². The fourth-order valence-electron chi connectivity index (χ4n) is 3.95. The lowest BCUT2D eigenvalue weighted by molar-refractivity contribution is -0.879. The molecular formula is C18H28N3O3S+. The van der Waals surface area contributed by atoms with Gasteiger partial charge in [-0.2, -0.15) is 4.31 Å². The first-order chi connectivity index (χ1) is 11.9. The minimum absolute atomic E-state index is 0.0403. The van der Waals surface area contributed by atoms with Crippen molar-refractivity contribution in [3.05, 3.63) is 30.3 Å².